The van der Waals surface area contributed by atoms with Gasteiger partial charge in [-0.2, -0.15) is 5.26 Å². The van der Waals surface area contributed by atoms with Crippen molar-refractivity contribution in [3.05, 3.63) is 90.0 Å². The van der Waals surface area contributed by atoms with Crippen LogP contribution in [-0.4, -0.2) is 23.0 Å². The van der Waals surface area contributed by atoms with Crippen LogP contribution in [0.25, 0.3) is 6.08 Å². The Labute approximate surface area is 218 Å². The average molecular weight is 606 g/mol. The van der Waals surface area contributed by atoms with Crippen LogP contribution < -0.4 is 14.8 Å². The molecule has 0 spiro atoms. The van der Waals surface area contributed by atoms with Crippen molar-refractivity contribution < 1.29 is 24.3 Å². The SMILES string of the molecule is COc1cc(/C=C(\C#N)C(=O)Nc2ccc([N+](=O)[O-])cc2O)cc(I)c1OCc1ccc(Cl)cc1. The number of nitro benzene ring substituents is 1. The van der Waals surface area contributed by atoms with E-state index in [4.69, 9.17) is 21.1 Å². The maximum absolute atomic E-state index is 12.6. The number of halogens is 2. The summed E-state index contributed by atoms with van der Waals surface area (Å²) < 4.78 is 12.0. The number of aromatic hydroxyl groups is 1. The van der Waals surface area contributed by atoms with Gasteiger partial charge in [-0.3, -0.25) is 14.9 Å². The number of rotatable bonds is 8. The quantitative estimate of drug-likeness (QED) is 0.0841. The first kappa shape index (κ1) is 25.8. The number of nitriles is 1. The predicted molar refractivity (Wildman–Crippen MR) is 138 cm³/mol. The molecule has 0 aliphatic heterocycles. The summed E-state index contributed by atoms with van der Waals surface area (Å²) in [6.45, 7) is 0.281. The molecule has 1 amide bonds. The molecule has 11 heteroatoms. The van der Waals surface area contributed by atoms with Gasteiger partial charge < -0.3 is 19.9 Å². The summed E-state index contributed by atoms with van der Waals surface area (Å²) >= 11 is 7.97. The van der Waals surface area contributed by atoms with Crippen molar-refractivity contribution in [1.29, 1.82) is 5.26 Å². The first-order valence-electron chi connectivity index (χ1n) is 9.87. The third kappa shape index (κ3) is 6.62. The van der Waals surface area contributed by atoms with E-state index in [-0.39, 0.29) is 23.6 Å². The molecule has 0 saturated heterocycles. The molecule has 0 fully saturated rings. The van der Waals surface area contributed by atoms with Crippen LogP contribution in [0, 0.1) is 25.0 Å². The topological polar surface area (TPSA) is 135 Å². The molecule has 0 bridgehead atoms. The number of nitro groups is 1. The number of ether oxygens (including phenoxy) is 2. The minimum atomic E-state index is -0.798. The second-order valence-corrected chi connectivity index (χ2v) is 8.63. The maximum atomic E-state index is 12.6. The molecule has 0 aromatic heterocycles. The summed E-state index contributed by atoms with van der Waals surface area (Å²) in [6.07, 6.45) is 1.35. The van der Waals surface area contributed by atoms with Crippen molar-refractivity contribution in [1.82, 2.24) is 0 Å². The van der Waals surface area contributed by atoms with E-state index >= 15 is 0 Å². The van der Waals surface area contributed by atoms with Crippen molar-refractivity contribution in [2.75, 3.05) is 12.4 Å². The van der Waals surface area contributed by atoms with Crippen LogP contribution in [0.15, 0.2) is 60.2 Å². The highest BCUT2D eigenvalue weighted by molar-refractivity contribution is 14.1. The predicted octanol–water partition coefficient (Wildman–Crippen LogP) is 5.69. The minimum absolute atomic E-state index is 0.0696. The summed E-state index contributed by atoms with van der Waals surface area (Å²) in [5.74, 6) is -0.390. The number of anilines is 1. The lowest BCUT2D eigenvalue weighted by Gasteiger charge is -2.14. The molecule has 35 heavy (non-hydrogen) atoms. The van der Waals surface area contributed by atoms with Gasteiger partial charge in [0, 0.05) is 11.1 Å². The molecule has 0 aliphatic carbocycles. The van der Waals surface area contributed by atoms with Gasteiger partial charge in [-0.1, -0.05) is 23.7 Å². The molecule has 0 atom stereocenters. The van der Waals surface area contributed by atoms with Crippen molar-refractivity contribution >= 4 is 57.5 Å². The minimum Gasteiger partial charge on any atom is -0.506 e. The molecule has 3 aromatic rings. The normalized spacial score (nSPS) is 10.9. The van der Waals surface area contributed by atoms with Crippen molar-refractivity contribution in [3.63, 3.8) is 0 Å². The van der Waals surface area contributed by atoms with Crippen LogP contribution in [0.5, 0.6) is 17.2 Å². The van der Waals surface area contributed by atoms with Crippen LogP contribution in [-0.2, 0) is 11.4 Å². The van der Waals surface area contributed by atoms with E-state index in [0.29, 0.717) is 25.7 Å². The number of methoxy groups -OCH3 is 1. The molecule has 0 radical (unpaired) electrons. The Hall–Kier alpha value is -3.82. The zero-order valence-corrected chi connectivity index (χ0v) is 21.0. The van der Waals surface area contributed by atoms with Gasteiger partial charge in [0.05, 0.1) is 27.4 Å². The van der Waals surface area contributed by atoms with Crippen LogP contribution in [0.3, 0.4) is 0 Å². The number of hydrogen-bond acceptors (Lipinski definition) is 7. The molecule has 178 valence electrons. The average Bonchev–Trinajstić information content (AvgIpc) is 2.83. The largest absolute Gasteiger partial charge is 0.506 e. The summed E-state index contributed by atoms with van der Waals surface area (Å²) in [5.41, 5.74) is 0.755. The highest BCUT2D eigenvalue weighted by Gasteiger charge is 2.17. The number of non-ortho nitro benzene ring substituents is 1. The van der Waals surface area contributed by atoms with E-state index in [1.165, 1.54) is 19.3 Å². The summed E-state index contributed by atoms with van der Waals surface area (Å²) in [4.78, 5) is 22.7. The molecule has 2 N–H and O–H groups in total. The van der Waals surface area contributed by atoms with Gasteiger partial charge in [0.15, 0.2) is 11.5 Å². The maximum Gasteiger partial charge on any atom is 0.273 e. The van der Waals surface area contributed by atoms with Crippen molar-refractivity contribution in [2.45, 2.75) is 6.61 Å². The molecule has 0 aliphatic rings. The number of hydrogen-bond donors (Lipinski definition) is 2. The Morgan fingerprint density at radius 3 is 2.57 bits per heavy atom. The van der Waals surface area contributed by atoms with Crippen LogP contribution in [0.4, 0.5) is 11.4 Å². The van der Waals surface area contributed by atoms with Crippen LogP contribution >= 0.6 is 34.2 Å². The summed E-state index contributed by atoms with van der Waals surface area (Å²) in [5, 5.41) is 33.3. The number of phenols is 1. The molecule has 3 aromatic carbocycles. The molecular formula is C24H17ClIN3O6. The second kappa shape index (κ2) is 11.5. The number of carbonyl (C=O) groups excluding carboxylic acids is 1. The lowest BCUT2D eigenvalue weighted by molar-refractivity contribution is -0.384. The van der Waals surface area contributed by atoms with Crippen molar-refractivity contribution in [2.24, 2.45) is 0 Å². The van der Waals surface area contributed by atoms with Gasteiger partial charge in [-0.25, -0.2) is 0 Å². The number of benzene rings is 3. The van der Waals surface area contributed by atoms with Gasteiger partial charge in [0.1, 0.15) is 24.0 Å². The van der Waals surface area contributed by atoms with E-state index in [0.717, 1.165) is 17.7 Å². The molecule has 3 rings (SSSR count). The Kier molecular flexibility index (Phi) is 8.51. The van der Waals surface area contributed by atoms with E-state index in [1.807, 2.05) is 18.2 Å². The second-order valence-electron chi connectivity index (χ2n) is 7.03. The van der Waals surface area contributed by atoms with Gasteiger partial charge >= 0.3 is 0 Å². The van der Waals surface area contributed by atoms with E-state index in [1.54, 1.807) is 24.3 Å². The zero-order chi connectivity index (χ0) is 25.5. The fourth-order valence-corrected chi connectivity index (χ4v) is 3.85. The van der Waals surface area contributed by atoms with Crippen LogP contribution in [0.1, 0.15) is 11.1 Å². The first-order valence-corrected chi connectivity index (χ1v) is 11.3. The number of carbonyl (C=O) groups is 1. The Balaban J connectivity index is 1.81. The number of nitrogens with zero attached hydrogens (tertiary/aromatic N) is 2. The number of phenolic OH excluding ortho intramolecular Hbond substituents is 1. The fraction of sp³-hybridized carbons (Fsp3) is 0.0833. The smallest absolute Gasteiger partial charge is 0.273 e. The highest BCUT2D eigenvalue weighted by atomic mass is 127. The summed E-state index contributed by atoms with van der Waals surface area (Å²) in [6, 6.07) is 15.6. The van der Waals surface area contributed by atoms with Gasteiger partial charge in [-0.15, -0.1) is 0 Å². The Bertz CT molecular complexity index is 1350. The standard InChI is InChI=1S/C24H17ClIN3O6/c1-34-22-10-15(9-19(26)23(22)35-13-14-2-4-17(25)5-3-14)8-16(12-27)24(31)28-20-7-6-18(29(32)33)11-21(20)30/h2-11,30H,13H2,1H3,(H,28,31)/b16-8+. The third-order valence-corrected chi connectivity index (χ3v) is 5.72. The van der Waals surface area contributed by atoms with E-state index in [9.17, 15) is 25.3 Å². The van der Waals surface area contributed by atoms with Gasteiger partial charge in [0.25, 0.3) is 11.6 Å². The number of nitrogens with one attached hydrogen (secondary N) is 1. The Morgan fingerprint density at radius 1 is 1.26 bits per heavy atom. The molecule has 0 heterocycles. The van der Waals surface area contributed by atoms with Crippen LogP contribution in [0.2, 0.25) is 5.02 Å². The Morgan fingerprint density at radius 2 is 1.97 bits per heavy atom. The lowest BCUT2D eigenvalue weighted by Crippen LogP contribution is -2.13. The van der Waals surface area contributed by atoms with E-state index < -0.39 is 16.6 Å². The summed E-state index contributed by atoms with van der Waals surface area (Å²) in [7, 11) is 1.48. The van der Waals surface area contributed by atoms with Crippen molar-refractivity contribution in [3.8, 4) is 23.3 Å². The third-order valence-electron chi connectivity index (χ3n) is 4.66. The highest BCUT2D eigenvalue weighted by Crippen LogP contribution is 2.35. The van der Waals surface area contributed by atoms with E-state index in [2.05, 4.69) is 27.9 Å². The lowest BCUT2D eigenvalue weighted by atomic mass is 10.1. The molecular weight excluding hydrogens is 589 g/mol. The monoisotopic (exact) mass is 605 g/mol. The molecule has 9 nitrogen and oxygen atoms in total. The molecule has 0 unspecified atom stereocenters. The zero-order valence-electron chi connectivity index (χ0n) is 18.1. The molecule has 0 saturated carbocycles. The number of amides is 1. The van der Waals surface area contributed by atoms with Gasteiger partial charge in [0.2, 0.25) is 0 Å². The first-order chi connectivity index (χ1) is 16.7. The van der Waals surface area contributed by atoms with Gasteiger partial charge in [-0.05, 0) is 70.1 Å². The fourth-order valence-electron chi connectivity index (χ4n) is 2.94.